The highest BCUT2D eigenvalue weighted by atomic mass is 32.1. The number of aromatic nitrogens is 1. The van der Waals surface area contributed by atoms with E-state index in [4.69, 9.17) is 5.11 Å². The molecular weight excluding hydrogens is 276 g/mol. The van der Waals surface area contributed by atoms with Crippen LogP contribution in [0.3, 0.4) is 0 Å². The highest BCUT2D eigenvalue weighted by Gasteiger charge is 2.26. The number of amides is 1. The van der Waals surface area contributed by atoms with Crippen LogP contribution in [0, 0.1) is 12.3 Å². The number of hydrogen-bond acceptors (Lipinski definition) is 4. The number of aryl methyl sites for hydroxylation is 1. The molecule has 2 N–H and O–H groups in total. The average molecular weight is 300 g/mol. The van der Waals surface area contributed by atoms with Gasteiger partial charge >= 0.3 is 4.87 Å². The van der Waals surface area contributed by atoms with Crippen molar-refractivity contribution in [1.29, 1.82) is 0 Å². The van der Waals surface area contributed by atoms with Crippen molar-refractivity contribution in [2.24, 2.45) is 5.41 Å². The number of nitrogens with zero attached hydrogens (tertiary/aromatic N) is 1. The van der Waals surface area contributed by atoms with Gasteiger partial charge in [-0.1, -0.05) is 25.2 Å². The lowest BCUT2D eigenvalue weighted by molar-refractivity contribution is -0.122. The molecule has 0 saturated carbocycles. The summed E-state index contributed by atoms with van der Waals surface area (Å²) in [6.07, 6.45) is 2.49. The second-order valence-corrected chi connectivity index (χ2v) is 6.01. The Morgan fingerprint density at radius 1 is 1.45 bits per heavy atom. The molecule has 6 heteroatoms. The van der Waals surface area contributed by atoms with E-state index in [-0.39, 0.29) is 29.3 Å². The molecule has 0 aliphatic rings. The molecule has 0 unspecified atom stereocenters. The highest BCUT2D eigenvalue weighted by Crippen LogP contribution is 2.29. The molecule has 1 aromatic heterocycles. The molecule has 114 valence electrons. The van der Waals surface area contributed by atoms with Gasteiger partial charge in [0, 0.05) is 24.2 Å². The average Bonchev–Trinajstić information content (AvgIpc) is 2.75. The summed E-state index contributed by atoms with van der Waals surface area (Å²) in [4.78, 5) is 23.4. The monoisotopic (exact) mass is 300 g/mol. The van der Waals surface area contributed by atoms with Crippen LogP contribution >= 0.6 is 11.3 Å². The van der Waals surface area contributed by atoms with Crippen molar-refractivity contribution in [2.45, 2.75) is 46.6 Å². The fraction of sp³-hybridized carbons (Fsp3) is 0.714. The number of aliphatic hydroxyl groups is 1. The molecule has 0 radical (unpaired) electrons. The predicted molar refractivity (Wildman–Crippen MR) is 81.0 cm³/mol. The number of rotatable bonds is 8. The summed E-state index contributed by atoms with van der Waals surface area (Å²) in [6, 6.07) is 0. The molecule has 5 nitrogen and oxygen atoms in total. The van der Waals surface area contributed by atoms with Crippen molar-refractivity contribution in [3.63, 3.8) is 0 Å². The van der Waals surface area contributed by atoms with Gasteiger partial charge in [0.2, 0.25) is 5.91 Å². The number of thiazole rings is 1. The van der Waals surface area contributed by atoms with Crippen LogP contribution < -0.4 is 10.2 Å². The zero-order valence-electron chi connectivity index (χ0n) is 12.4. The van der Waals surface area contributed by atoms with Crippen molar-refractivity contribution in [3.8, 4) is 0 Å². The van der Waals surface area contributed by atoms with Gasteiger partial charge in [0.25, 0.3) is 0 Å². The van der Waals surface area contributed by atoms with Gasteiger partial charge in [0.1, 0.15) is 6.54 Å². The largest absolute Gasteiger partial charge is 0.396 e. The third kappa shape index (κ3) is 4.18. The van der Waals surface area contributed by atoms with Gasteiger partial charge in [0.15, 0.2) is 0 Å². The molecule has 0 aliphatic heterocycles. The van der Waals surface area contributed by atoms with Gasteiger partial charge in [-0.25, -0.2) is 0 Å². The third-order valence-corrected chi connectivity index (χ3v) is 4.96. The lowest BCUT2D eigenvalue weighted by atomic mass is 9.79. The Morgan fingerprint density at radius 3 is 2.55 bits per heavy atom. The van der Waals surface area contributed by atoms with Crippen molar-refractivity contribution < 1.29 is 9.90 Å². The Hall–Kier alpha value is -1.14. The lowest BCUT2D eigenvalue weighted by Crippen LogP contribution is -2.40. The van der Waals surface area contributed by atoms with Crippen LogP contribution in [0.1, 0.15) is 38.8 Å². The second-order valence-electron chi connectivity index (χ2n) is 5.19. The summed E-state index contributed by atoms with van der Waals surface area (Å²) in [5.41, 5.74) is 0.752. The molecule has 1 aromatic rings. The van der Waals surface area contributed by atoms with Crippen LogP contribution in [0.4, 0.5) is 0 Å². The van der Waals surface area contributed by atoms with E-state index in [1.54, 1.807) is 5.38 Å². The maximum absolute atomic E-state index is 12.0. The molecule has 0 atom stereocenters. The number of carbonyl (C=O) groups excluding carboxylic acids is 1. The molecule has 0 spiro atoms. The fourth-order valence-electron chi connectivity index (χ4n) is 2.26. The Labute approximate surface area is 123 Å². The van der Waals surface area contributed by atoms with E-state index < -0.39 is 0 Å². The minimum absolute atomic E-state index is 0.0565. The van der Waals surface area contributed by atoms with Crippen LogP contribution in [-0.2, 0) is 11.3 Å². The molecule has 20 heavy (non-hydrogen) atoms. The van der Waals surface area contributed by atoms with E-state index >= 15 is 0 Å². The van der Waals surface area contributed by atoms with Crippen LogP contribution in [0.25, 0.3) is 0 Å². The van der Waals surface area contributed by atoms with Crippen molar-refractivity contribution >= 4 is 17.2 Å². The van der Waals surface area contributed by atoms with E-state index in [2.05, 4.69) is 19.2 Å². The smallest absolute Gasteiger partial charge is 0.307 e. The van der Waals surface area contributed by atoms with Gasteiger partial charge in [-0.05, 0) is 31.6 Å². The van der Waals surface area contributed by atoms with Gasteiger partial charge in [-0.3, -0.25) is 14.2 Å². The first-order valence-corrected chi connectivity index (χ1v) is 7.88. The third-order valence-electron chi connectivity index (χ3n) is 4.08. The first kappa shape index (κ1) is 16.9. The summed E-state index contributed by atoms with van der Waals surface area (Å²) >= 11 is 1.11. The number of aliphatic hydroxyl groups excluding tert-OH is 1. The van der Waals surface area contributed by atoms with Crippen molar-refractivity contribution in [2.75, 3.05) is 13.2 Å². The molecule has 0 aromatic carbocycles. The van der Waals surface area contributed by atoms with Crippen LogP contribution in [-0.4, -0.2) is 28.7 Å². The predicted octanol–water partition coefficient (Wildman–Crippen LogP) is 1.52. The zero-order valence-corrected chi connectivity index (χ0v) is 13.3. The highest BCUT2D eigenvalue weighted by molar-refractivity contribution is 7.07. The van der Waals surface area contributed by atoms with Gasteiger partial charge < -0.3 is 10.4 Å². The molecule has 0 saturated heterocycles. The van der Waals surface area contributed by atoms with Gasteiger partial charge in [0.05, 0.1) is 0 Å². The number of hydrogen-bond donors (Lipinski definition) is 2. The molecule has 1 rings (SSSR count). The normalized spacial score (nSPS) is 11.6. The van der Waals surface area contributed by atoms with Crippen molar-refractivity contribution in [3.05, 3.63) is 20.7 Å². The maximum Gasteiger partial charge on any atom is 0.307 e. The number of carbonyl (C=O) groups is 1. The zero-order chi connectivity index (χ0) is 15.2. The Morgan fingerprint density at radius 2 is 2.10 bits per heavy atom. The van der Waals surface area contributed by atoms with E-state index in [1.807, 2.05) is 6.92 Å². The molecule has 1 heterocycles. The SMILES string of the molecule is CCC(CC)(CCO)CNC(=O)Cn1c(C)csc1=O. The minimum atomic E-state index is -0.155. The first-order valence-electron chi connectivity index (χ1n) is 7.00. The Bertz CT molecular complexity index is 489. The molecular formula is C14H24N2O3S. The van der Waals surface area contributed by atoms with Crippen molar-refractivity contribution in [1.82, 2.24) is 9.88 Å². The number of nitrogens with one attached hydrogen (secondary N) is 1. The second kappa shape index (κ2) is 7.59. The van der Waals surface area contributed by atoms with Crippen LogP contribution in [0.5, 0.6) is 0 Å². The molecule has 0 fully saturated rings. The van der Waals surface area contributed by atoms with Crippen LogP contribution in [0.2, 0.25) is 0 Å². The first-order chi connectivity index (χ1) is 9.48. The summed E-state index contributed by atoms with van der Waals surface area (Å²) in [6.45, 7) is 6.69. The van der Waals surface area contributed by atoms with E-state index in [9.17, 15) is 9.59 Å². The van der Waals surface area contributed by atoms with Gasteiger partial charge in [-0.2, -0.15) is 0 Å². The van der Waals surface area contributed by atoms with Crippen LogP contribution in [0.15, 0.2) is 10.2 Å². The Kier molecular flexibility index (Phi) is 6.42. The summed E-state index contributed by atoms with van der Waals surface area (Å²) in [5, 5.41) is 13.8. The minimum Gasteiger partial charge on any atom is -0.396 e. The maximum atomic E-state index is 12.0. The summed E-state index contributed by atoms with van der Waals surface area (Å²) < 4.78 is 1.48. The molecule has 1 amide bonds. The Balaban J connectivity index is 2.60. The van der Waals surface area contributed by atoms with E-state index in [0.29, 0.717) is 13.0 Å². The van der Waals surface area contributed by atoms with Gasteiger partial charge in [-0.15, -0.1) is 0 Å². The topological polar surface area (TPSA) is 71.3 Å². The molecule has 0 bridgehead atoms. The summed E-state index contributed by atoms with van der Waals surface area (Å²) in [5.74, 6) is -0.155. The van der Waals surface area contributed by atoms with E-state index in [1.165, 1.54) is 4.57 Å². The quantitative estimate of drug-likeness (QED) is 0.764. The molecule has 0 aliphatic carbocycles. The van der Waals surface area contributed by atoms with E-state index in [0.717, 1.165) is 29.9 Å². The fourth-order valence-corrected chi connectivity index (χ4v) is 3.00. The summed E-state index contributed by atoms with van der Waals surface area (Å²) in [7, 11) is 0. The lowest BCUT2D eigenvalue weighted by Gasteiger charge is -2.31. The standard InChI is InChI=1S/C14H24N2O3S/c1-4-14(5-2,6-7-17)10-15-12(18)8-16-11(3)9-20-13(16)19/h9,17H,4-8,10H2,1-3H3,(H,15,18).